The van der Waals surface area contributed by atoms with Crippen molar-refractivity contribution < 1.29 is 13.2 Å². The van der Waals surface area contributed by atoms with Crippen molar-refractivity contribution in [3.8, 4) is 0 Å². The van der Waals surface area contributed by atoms with Crippen LogP contribution in [0.2, 0.25) is 0 Å². The van der Waals surface area contributed by atoms with E-state index in [9.17, 15) is 13.2 Å². The van der Waals surface area contributed by atoms with Gasteiger partial charge in [-0.2, -0.15) is 13.2 Å². The highest BCUT2D eigenvalue weighted by Gasteiger charge is 2.26. The van der Waals surface area contributed by atoms with Gasteiger partial charge in [-0.25, -0.2) is 0 Å². The zero-order valence-electron chi connectivity index (χ0n) is 3.73. The van der Waals surface area contributed by atoms with Gasteiger partial charge >= 0.3 is 5.51 Å². The summed E-state index contributed by atoms with van der Waals surface area (Å²) in [7, 11) is 0. The molecule has 0 saturated carbocycles. The Labute approximate surface area is 54.4 Å². The maximum atomic E-state index is 11.1. The molecule has 48 valence electrons. The normalized spacial score (nSPS) is 11.4. The van der Waals surface area contributed by atoms with Crippen LogP contribution in [0.25, 0.3) is 0 Å². The van der Waals surface area contributed by atoms with E-state index in [0.717, 1.165) is 5.37 Å². The Kier molecular flexibility index (Phi) is 3.39. The van der Waals surface area contributed by atoms with Gasteiger partial charge in [-0.1, -0.05) is 12.2 Å². The summed E-state index contributed by atoms with van der Waals surface area (Å²) in [6.07, 6.45) is 0. The van der Waals surface area contributed by atoms with E-state index in [-0.39, 0.29) is 17.5 Å². The molecule has 0 heterocycles. The quantitative estimate of drug-likeness (QED) is 0.568. The third-order valence-corrected chi connectivity index (χ3v) is 1.35. The summed E-state index contributed by atoms with van der Waals surface area (Å²) in [5.74, 6) is -0.140. The highest BCUT2D eigenvalue weighted by Crippen LogP contribution is 2.28. The Morgan fingerprint density at radius 2 is 2.00 bits per heavy atom. The molecule has 0 aromatic carbocycles. The second-order valence-corrected chi connectivity index (χ2v) is 2.34. The molecular weight excluding hydrogens is 157 g/mol. The number of thioether (sulfide) groups is 1. The molecule has 0 radical (unpaired) electrons. The van der Waals surface area contributed by atoms with Gasteiger partial charge in [0.25, 0.3) is 0 Å². The summed E-state index contributed by atoms with van der Waals surface area (Å²) in [5.41, 5.74) is -4.13. The molecule has 5 heteroatoms. The minimum Gasteiger partial charge on any atom is -0.160 e. The molecule has 0 saturated heterocycles. The fourth-order valence-corrected chi connectivity index (χ4v) is 0.590. The number of rotatable bonds is 2. The van der Waals surface area contributed by atoms with Crippen LogP contribution < -0.4 is 0 Å². The van der Waals surface area contributed by atoms with Crippen molar-refractivity contribution in [1.82, 2.24) is 0 Å². The second kappa shape index (κ2) is 3.29. The fraction of sp³-hybridized carbons (Fsp3) is 0.667. The lowest BCUT2D eigenvalue weighted by Crippen LogP contribution is -2.00. The van der Waals surface area contributed by atoms with Crippen molar-refractivity contribution in [3.05, 3.63) is 0 Å². The first kappa shape index (κ1) is 8.23. The highest BCUT2D eigenvalue weighted by molar-refractivity contribution is 8.01. The Morgan fingerprint density at radius 1 is 1.50 bits per heavy atom. The molecule has 0 nitrogen and oxygen atoms in total. The zero-order chi connectivity index (χ0) is 6.62. The van der Waals surface area contributed by atoms with E-state index in [4.69, 9.17) is 0 Å². The lowest BCUT2D eigenvalue weighted by molar-refractivity contribution is -0.0325. The average molecular weight is 160 g/mol. The average Bonchev–Trinajstić information content (AvgIpc) is 1.59. The minimum absolute atomic E-state index is 0.126. The number of halogens is 3. The van der Waals surface area contributed by atoms with Crippen molar-refractivity contribution in [1.29, 1.82) is 0 Å². The van der Waals surface area contributed by atoms with E-state index in [1.165, 1.54) is 0 Å². The predicted octanol–water partition coefficient (Wildman–Crippen LogP) is 2.24. The SMILES string of the molecule is FC(F)(F)SCC=S. The molecule has 0 fully saturated rings. The summed E-state index contributed by atoms with van der Waals surface area (Å²) >= 11 is 4.05. The third kappa shape index (κ3) is 6.23. The lowest BCUT2D eigenvalue weighted by atomic mass is 11.0. The molecule has 0 N–H and O–H groups in total. The van der Waals surface area contributed by atoms with Crippen LogP contribution in [0.5, 0.6) is 0 Å². The summed E-state index contributed by atoms with van der Waals surface area (Å²) in [5, 5.41) is 1.05. The molecule has 0 aromatic heterocycles. The van der Waals surface area contributed by atoms with Gasteiger partial charge in [0.05, 0.1) is 0 Å². The monoisotopic (exact) mass is 160 g/mol. The van der Waals surface area contributed by atoms with Gasteiger partial charge in [0, 0.05) is 5.75 Å². The minimum atomic E-state index is -4.13. The smallest absolute Gasteiger partial charge is 0.160 e. The van der Waals surface area contributed by atoms with E-state index in [0.29, 0.717) is 0 Å². The Balaban J connectivity index is 3.24. The molecule has 0 bridgehead atoms. The van der Waals surface area contributed by atoms with Gasteiger partial charge in [-0.15, -0.1) is 0 Å². The molecule has 0 aliphatic rings. The van der Waals surface area contributed by atoms with E-state index in [1.54, 1.807) is 0 Å². The Hall–Kier alpha value is 0.230. The largest absolute Gasteiger partial charge is 0.442 e. The first-order chi connectivity index (χ1) is 3.56. The second-order valence-electron chi connectivity index (χ2n) is 0.923. The van der Waals surface area contributed by atoms with Gasteiger partial charge in [0.2, 0.25) is 0 Å². The van der Waals surface area contributed by atoms with E-state index in [2.05, 4.69) is 12.2 Å². The molecule has 0 aliphatic carbocycles. The van der Waals surface area contributed by atoms with Crippen molar-refractivity contribution in [2.24, 2.45) is 0 Å². The van der Waals surface area contributed by atoms with Gasteiger partial charge in [-0.3, -0.25) is 0 Å². The Bertz CT molecular complexity index is 77.1. The topological polar surface area (TPSA) is 0 Å². The first-order valence-corrected chi connectivity index (χ1v) is 3.16. The van der Waals surface area contributed by atoms with Crippen LogP contribution in [-0.2, 0) is 0 Å². The standard InChI is InChI=1S/C3H3F3S2/c4-3(5,6)8-2-1-7/h1H,2H2. The molecule has 0 spiro atoms. The van der Waals surface area contributed by atoms with Crippen LogP contribution in [0.1, 0.15) is 0 Å². The molecule has 0 aliphatic heterocycles. The van der Waals surface area contributed by atoms with Crippen LogP contribution in [0.3, 0.4) is 0 Å². The van der Waals surface area contributed by atoms with Gasteiger partial charge in [-0.05, 0) is 17.1 Å². The Morgan fingerprint density at radius 3 is 2.12 bits per heavy atom. The molecule has 0 aromatic rings. The van der Waals surface area contributed by atoms with Crippen molar-refractivity contribution >= 4 is 29.3 Å². The number of thiocarbonyl (C=S) groups is 1. The molecule has 0 atom stereocenters. The van der Waals surface area contributed by atoms with Crippen LogP contribution in [0, 0.1) is 0 Å². The van der Waals surface area contributed by atoms with Gasteiger partial charge in [0.15, 0.2) is 0 Å². The van der Waals surface area contributed by atoms with E-state index in [1.807, 2.05) is 0 Å². The molecule has 0 rings (SSSR count). The maximum absolute atomic E-state index is 11.1. The van der Waals surface area contributed by atoms with Crippen molar-refractivity contribution in [2.75, 3.05) is 5.75 Å². The van der Waals surface area contributed by atoms with Crippen LogP contribution >= 0.6 is 24.0 Å². The predicted molar refractivity (Wildman–Crippen MR) is 32.2 cm³/mol. The zero-order valence-corrected chi connectivity index (χ0v) is 5.37. The molecule has 0 amide bonds. The highest BCUT2D eigenvalue weighted by atomic mass is 32.2. The van der Waals surface area contributed by atoms with Gasteiger partial charge < -0.3 is 0 Å². The molecule has 0 unspecified atom stereocenters. The molecule has 8 heavy (non-hydrogen) atoms. The summed E-state index contributed by atoms with van der Waals surface area (Å²) in [4.78, 5) is 0. The number of hydrogen-bond donors (Lipinski definition) is 0. The molecular formula is C3H3F3S2. The fourth-order valence-electron chi connectivity index (χ4n) is 0.129. The summed E-state index contributed by atoms with van der Waals surface area (Å²) in [6, 6.07) is 0. The van der Waals surface area contributed by atoms with Crippen LogP contribution in [0.4, 0.5) is 13.2 Å². The van der Waals surface area contributed by atoms with Crippen molar-refractivity contribution in [3.63, 3.8) is 0 Å². The van der Waals surface area contributed by atoms with Crippen LogP contribution in [0.15, 0.2) is 0 Å². The van der Waals surface area contributed by atoms with Crippen molar-refractivity contribution in [2.45, 2.75) is 5.51 Å². The van der Waals surface area contributed by atoms with E-state index < -0.39 is 5.51 Å². The third-order valence-electron chi connectivity index (χ3n) is 0.315. The number of hydrogen-bond acceptors (Lipinski definition) is 2. The van der Waals surface area contributed by atoms with Crippen LogP contribution in [-0.4, -0.2) is 16.6 Å². The van der Waals surface area contributed by atoms with E-state index >= 15 is 0 Å². The summed E-state index contributed by atoms with van der Waals surface area (Å²) < 4.78 is 33.4. The number of alkyl halides is 3. The maximum Gasteiger partial charge on any atom is 0.442 e. The first-order valence-electron chi connectivity index (χ1n) is 1.70. The lowest BCUT2D eigenvalue weighted by Gasteiger charge is -1.99. The summed E-state index contributed by atoms with van der Waals surface area (Å²) in [6.45, 7) is 0. The van der Waals surface area contributed by atoms with Gasteiger partial charge in [0.1, 0.15) is 0 Å².